The van der Waals surface area contributed by atoms with Crippen LogP contribution in [-0.4, -0.2) is 47.9 Å². The number of amides is 3. The van der Waals surface area contributed by atoms with Gasteiger partial charge < -0.3 is 10.4 Å². The summed E-state index contributed by atoms with van der Waals surface area (Å²) >= 11 is 0. The van der Waals surface area contributed by atoms with Gasteiger partial charge in [0.1, 0.15) is 0 Å². The zero-order valence-corrected chi connectivity index (χ0v) is 10.5. The third-order valence-corrected chi connectivity index (χ3v) is 2.97. The van der Waals surface area contributed by atoms with E-state index in [0.717, 1.165) is 4.90 Å². The lowest BCUT2D eigenvalue weighted by molar-refractivity contribution is 0.0693. The average Bonchev–Trinajstić information content (AvgIpc) is 2.64. The van der Waals surface area contributed by atoms with Crippen molar-refractivity contribution in [2.75, 3.05) is 20.2 Å². The molecule has 1 aliphatic rings. The van der Waals surface area contributed by atoms with E-state index in [1.165, 1.54) is 25.2 Å². The maximum absolute atomic E-state index is 11.8. The predicted molar refractivity (Wildman–Crippen MR) is 66.9 cm³/mol. The van der Waals surface area contributed by atoms with E-state index >= 15 is 0 Å². The summed E-state index contributed by atoms with van der Waals surface area (Å²) in [5.74, 6) is -1.08. The number of fused-ring (bicyclic) bond motifs is 1. The first-order valence-electron chi connectivity index (χ1n) is 5.91. The lowest BCUT2D eigenvalue weighted by Crippen LogP contribution is -2.25. The second-order valence-corrected chi connectivity index (χ2v) is 4.26. The van der Waals surface area contributed by atoms with Gasteiger partial charge in [0, 0.05) is 25.8 Å². The third-order valence-electron chi connectivity index (χ3n) is 2.97. The molecule has 6 nitrogen and oxygen atoms in total. The van der Waals surface area contributed by atoms with Crippen LogP contribution in [0.1, 0.15) is 37.5 Å². The summed E-state index contributed by atoms with van der Waals surface area (Å²) in [6.07, 6.45) is 0.469. The number of hydrogen-bond donors (Lipinski definition) is 2. The van der Waals surface area contributed by atoms with Crippen molar-refractivity contribution < 1.29 is 19.5 Å². The number of aliphatic hydroxyl groups excluding tert-OH is 1. The molecule has 0 fully saturated rings. The number of nitrogens with one attached hydrogen (secondary N) is 1. The van der Waals surface area contributed by atoms with Gasteiger partial charge in [-0.05, 0) is 24.6 Å². The highest BCUT2D eigenvalue weighted by Gasteiger charge is 2.33. The van der Waals surface area contributed by atoms with Crippen LogP contribution in [0.15, 0.2) is 18.2 Å². The van der Waals surface area contributed by atoms with Crippen LogP contribution >= 0.6 is 0 Å². The molecule has 2 N–H and O–H groups in total. The number of nitrogens with zero attached hydrogens (tertiary/aromatic N) is 1. The minimum atomic E-state index is -0.398. The Bertz CT molecular complexity index is 554. The Morgan fingerprint density at radius 2 is 1.95 bits per heavy atom. The Morgan fingerprint density at radius 3 is 2.63 bits per heavy atom. The number of rotatable bonds is 4. The Labute approximate surface area is 110 Å². The first-order chi connectivity index (χ1) is 9.06. The van der Waals surface area contributed by atoms with Crippen molar-refractivity contribution >= 4 is 17.7 Å². The number of hydrogen-bond acceptors (Lipinski definition) is 4. The molecule has 1 aromatic carbocycles. The second-order valence-electron chi connectivity index (χ2n) is 4.26. The topological polar surface area (TPSA) is 86.7 Å². The fraction of sp³-hybridized carbons (Fsp3) is 0.308. The molecule has 0 unspecified atom stereocenters. The van der Waals surface area contributed by atoms with Gasteiger partial charge in [-0.1, -0.05) is 0 Å². The summed E-state index contributed by atoms with van der Waals surface area (Å²) in [5.41, 5.74) is 0.898. The summed E-state index contributed by atoms with van der Waals surface area (Å²) in [5, 5.41) is 11.3. The van der Waals surface area contributed by atoms with Gasteiger partial charge >= 0.3 is 0 Å². The maximum Gasteiger partial charge on any atom is 0.261 e. The van der Waals surface area contributed by atoms with E-state index < -0.39 is 5.91 Å². The molecule has 2 rings (SSSR count). The number of imide groups is 1. The van der Waals surface area contributed by atoms with Crippen LogP contribution in [0, 0.1) is 0 Å². The molecule has 19 heavy (non-hydrogen) atoms. The number of benzene rings is 1. The molecule has 0 radical (unpaired) electrons. The minimum Gasteiger partial charge on any atom is -0.396 e. The monoisotopic (exact) mass is 262 g/mol. The van der Waals surface area contributed by atoms with Gasteiger partial charge in [0.15, 0.2) is 0 Å². The normalized spacial score (nSPS) is 13.7. The van der Waals surface area contributed by atoms with E-state index in [1.54, 1.807) is 0 Å². The summed E-state index contributed by atoms with van der Waals surface area (Å²) in [7, 11) is 1.41. The Balaban J connectivity index is 2.21. The van der Waals surface area contributed by atoms with Crippen molar-refractivity contribution in [3.05, 3.63) is 34.9 Å². The largest absolute Gasteiger partial charge is 0.396 e. The molecule has 0 aliphatic carbocycles. The maximum atomic E-state index is 11.8. The number of aliphatic hydroxyl groups is 1. The molecule has 100 valence electrons. The summed E-state index contributed by atoms with van der Waals surface area (Å²) in [4.78, 5) is 36.3. The zero-order valence-electron chi connectivity index (χ0n) is 10.5. The van der Waals surface area contributed by atoms with E-state index in [1.807, 2.05) is 0 Å². The van der Waals surface area contributed by atoms with E-state index in [-0.39, 0.29) is 24.0 Å². The van der Waals surface area contributed by atoms with Crippen LogP contribution in [0.25, 0.3) is 0 Å². The fourth-order valence-electron chi connectivity index (χ4n) is 1.89. The molecule has 1 aromatic rings. The lowest BCUT2D eigenvalue weighted by Gasteiger charge is -2.05. The van der Waals surface area contributed by atoms with Gasteiger partial charge in [0.25, 0.3) is 17.7 Å². The highest BCUT2D eigenvalue weighted by molar-refractivity contribution is 6.21. The van der Waals surface area contributed by atoms with E-state index in [0.29, 0.717) is 24.1 Å². The van der Waals surface area contributed by atoms with Gasteiger partial charge in [-0.3, -0.25) is 19.3 Å². The quantitative estimate of drug-likeness (QED) is 0.592. The summed E-state index contributed by atoms with van der Waals surface area (Å²) in [6.45, 7) is 0.363. The van der Waals surface area contributed by atoms with Gasteiger partial charge in [-0.25, -0.2) is 0 Å². The molecule has 0 atom stereocenters. The molecular formula is C13H14N2O4. The van der Waals surface area contributed by atoms with Gasteiger partial charge in [-0.15, -0.1) is 0 Å². The zero-order chi connectivity index (χ0) is 14.0. The van der Waals surface area contributed by atoms with Crippen LogP contribution in [0.5, 0.6) is 0 Å². The predicted octanol–water partition coefficient (Wildman–Crippen LogP) is 0.0246. The highest BCUT2D eigenvalue weighted by atomic mass is 16.3. The van der Waals surface area contributed by atoms with Crippen LogP contribution < -0.4 is 5.32 Å². The van der Waals surface area contributed by atoms with Crippen molar-refractivity contribution in [1.82, 2.24) is 10.2 Å². The molecule has 1 aliphatic heterocycles. The fourth-order valence-corrected chi connectivity index (χ4v) is 1.89. The van der Waals surface area contributed by atoms with Crippen LogP contribution in [0.2, 0.25) is 0 Å². The SMILES string of the molecule is CN1C(=O)c2ccc(C(=O)NCCCO)cc2C1=O. The smallest absolute Gasteiger partial charge is 0.261 e. The molecule has 0 aromatic heterocycles. The van der Waals surface area contributed by atoms with Gasteiger partial charge in [-0.2, -0.15) is 0 Å². The molecule has 3 amide bonds. The Morgan fingerprint density at radius 1 is 1.26 bits per heavy atom. The van der Waals surface area contributed by atoms with E-state index in [9.17, 15) is 14.4 Å². The van der Waals surface area contributed by atoms with Crippen molar-refractivity contribution in [1.29, 1.82) is 0 Å². The minimum absolute atomic E-state index is 0.00223. The Hall–Kier alpha value is -2.21. The van der Waals surface area contributed by atoms with Gasteiger partial charge in [0.2, 0.25) is 0 Å². The van der Waals surface area contributed by atoms with Gasteiger partial charge in [0.05, 0.1) is 11.1 Å². The van der Waals surface area contributed by atoms with Crippen LogP contribution in [0.3, 0.4) is 0 Å². The van der Waals surface area contributed by atoms with Crippen molar-refractivity contribution in [2.45, 2.75) is 6.42 Å². The van der Waals surface area contributed by atoms with Crippen LogP contribution in [0.4, 0.5) is 0 Å². The number of carbonyl (C=O) groups is 3. The molecule has 6 heteroatoms. The summed E-state index contributed by atoms with van der Waals surface area (Å²) in [6, 6.07) is 4.42. The van der Waals surface area contributed by atoms with Crippen molar-refractivity contribution in [2.24, 2.45) is 0 Å². The highest BCUT2D eigenvalue weighted by Crippen LogP contribution is 2.22. The molecule has 1 heterocycles. The Kier molecular flexibility index (Phi) is 3.62. The molecular weight excluding hydrogens is 248 g/mol. The van der Waals surface area contributed by atoms with Crippen LogP contribution in [-0.2, 0) is 0 Å². The van der Waals surface area contributed by atoms with E-state index in [2.05, 4.69) is 5.32 Å². The first kappa shape index (κ1) is 13.2. The summed E-state index contributed by atoms with van der Waals surface area (Å²) < 4.78 is 0. The van der Waals surface area contributed by atoms with E-state index in [4.69, 9.17) is 5.11 Å². The second kappa shape index (κ2) is 5.19. The van der Waals surface area contributed by atoms with Crippen molar-refractivity contribution in [3.8, 4) is 0 Å². The van der Waals surface area contributed by atoms with Crippen molar-refractivity contribution in [3.63, 3.8) is 0 Å². The molecule has 0 saturated carbocycles. The average molecular weight is 262 g/mol. The molecule has 0 saturated heterocycles. The number of carbonyl (C=O) groups excluding carboxylic acids is 3. The molecule has 0 bridgehead atoms. The standard InChI is InChI=1S/C13H14N2O4/c1-15-12(18)9-4-3-8(7-10(9)13(15)19)11(17)14-5-2-6-16/h3-4,7,16H,2,5-6H2,1H3,(H,14,17). The molecule has 0 spiro atoms. The third kappa shape index (κ3) is 2.34. The lowest BCUT2D eigenvalue weighted by atomic mass is 10.1. The first-order valence-corrected chi connectivity index (χ1v) is 5.91.